The Kier molecular flexibility index (Phi) is 2.21. The summed E-state index contributed by atoms with van der Waals surface area (Å²) in [5.74, 6) is 0.806. The maximum absolute atomic E-state index is 4.52. The predicted molar refractivity (Wildman–Crippen MR) is 62.7 cm³/mol. The van der Waals surface area contributed by atoms with Gasteiger partial charge in [0.1, 0.15) is 18.3 Å². The molecule has 6 heteroatoms. The average Bonchev–Trinajstić information content (AvgIpc) is 2.95. The lowest BCUT2D eigenvalue weighted by molar-refractivity contribution is 0.842. The first-order valence-corrected chi connectivity index (χ1v) is 5.89. The van der Waals surface area contributed by atoms with Crippen LogP contribution in [-0.4, -0.2) is 24.1 Å². The van der Waals surface area contributed by atoms with Gasteiger partial charge in [0.15, 0.2) is 5.82 Å². The molecule has 3 rings (SSSR count). The van der Waals surface area contributed by atoms with Crippen LogP contribution in [0, 0.1) is 0 Å². The average molecular weight is 278 g/mol. The van der Waals surface area contributed by atoms with Crippen LogP contribution >= 0.6 is 15.9 Å². The summed E-state index contributed by atoms with van der Waals surface area (Å²) in [6.07, 6.45) is 5.13. The summed E-state index contributed by atoms with van der Waals surface area (Å²) in [4.78, 5) is 8.45. The van der Waals surface area contributed by atoms with Gasteiger partial charge in [-0.05, 0) is 12.1 Å². The second-order valence-electron chi connectivity index (χ2n) is 3.28. The summed E-state index contributed by atoms with van der Waals surface area (Å²) in [5, 5.41) is 4.81. The molecule has 0 bridgehead atoms. The second kappa shape index (κ2) is 3.71. The van der Waals surface area contributed by atoms with Gasteiger partial charge in [0.2, 0.25) is 0 Å². The molecule has 0 radical (unpaired) electrons. The van der Waals surface area contributed by atoms with Crippen molar-refractivity contribution >= 4 is 21.6 Å². The minimum atomic E-state index is 0.716. The Morgan fingerprint density at radius 3 is 3.00 bits per heavy atom. The zero-order valence-corrected chi connectivity index (χ0v) is 9.87. The van der Waals surface area contributed by atoms with Crippen LogP contribution < -0.4 is 0 Å². The number of rotatable bonds is 2. The third kappa shape index (κ3) is 1.34. The van der Waals surface area contributed by atoms with Crippen LogP contribution in [0.25, 0.3) is 11.5 Å². The van der Waals surface area contributed by atoms with Crippen molar-refractivity contribution in [2.75, 3.05) is 0 Å². The molecule has 0 saturated carbocycles. The molecule has 80 valence electrons. The zero-order chi connectivity index (χ0) is 11.0. The number of aromatic nitrogens is 5. The van der Waals surface area contributed by atoms with Gasteiger partial charge >= 0.3 is 0 Å². The van der Waals surface area contributed by atoms with Crippen LogP contribution in [0.5, 0.6) is 0 Å². The van der Waals surface area contributed by atoms with Crippen molar-refractivity contribution < 1.29 is 0 Å². The Morgan fingerprint density at radius 1 is 1.31 bits per heavy atom. The molecule has 0 aromatic carbocycles. The molecular weight excluding hydrogens is 270 g/mol. The molecule has 0 aliphatic rings. The first kappa shape index (κ1) is 9.53. The van der Waals surface area contributed by atoms with Crippen molar-refractivity contribution in [1.82, 2.24) is 24.1 Å². The minimum absolute atomic E-state index is 0.716. The first-order chi connectivity index (χ1) is 7.90. The lowest BCUT2D eigenvalue weighted by atomic mass is 10.4. The lowest BCUT2D eigenvalue weighted by Crippen LogP contribution is -1.99. The number of pyridine rings is 1. The topological polar surface area (TPSA) is 48.0 Å². The minimum Gasteiger partial charge on any atom is -0.301 e. The molecule has 5 nitrogen and oxygen atoms in total. The van der Waals surface area contributed by atoms with Gasteiger partial charge in [-0.1, -0.05) is 22.0 Å². The van der Waals surface area contributed by atoms with E-state index in [1.165, 1.54) is 6.33 Å². The molecular formula is C10H8BrN5. The van der Waals surface area contributed by atoms with Gasteiger partial charge in [0, 0.05) is 11.5 Å². The number of nitrogens with zero attached hydrogens (tertiary/aromatic N) is 5. The van der Waals surface area contributed by atoms with Gasteiger partial charge in [-0.2, -0.15) is 5.10 Å². The SMILES string of the molecule is BrCc1c(-n2cncn2)nc2ccccn12. The third-order valence-corrected chi connectivity index (χ3v) is 2.90. The molecule has 3 aromatic rings. The molecule has 0 fully saturated rings. The quantitative estimate of drug-likeness (QED) is 0.672. The summed E-state index contributed by atoms with van der Waals surface area (Å²) in [6, 6.07) is 5.91. The van der Waals surface area contributed by atoms with Crippen molar-refractivity contribution in [3.05, 3.63) is 42.7 Å². The zero-order valence-electron chi connectivity index (χ0n) is 8.29. The maximum Gasteiger partial charge on any atom is 0.178 e. The monoisotopic (exact) mass is 277 g/mol. The fourth-order valence-corrected chi connectivity index (χ4v) is 2.18. The van der Waals surface area contributed by atoms with Crippen molar-refractivity contribution in [3.63, 3.8) is 0 Å². The molecule has 16 heavy (non-hydrogen) atoms. The summed E-state index contributed by atoms with van der Waals surface area (Å²) >= 11 is 3.47. The molecule has 0 atom stereocenters. The Bertz CT molecular complexity index is 613. The largest absolute Gasteiger partial charge is 0.301 e. The second-order valence-corrected chi connectivity index (χ2v) is 3.85. The van der Waals surface area contributed by atoms with Crippen LogP contribution in [0.1, 0.15) is 5.69 Å². The van der Waals surface area contributed by atoms with Crippen LogP contribution in [0.3, 0.4) is 0 Å². The molecule has 0 saturated heterocycles. The Balaban J connectivity index is 2.32. The van der Waals surface area contributed by atoms with Crippen molar-refractivity contribution in [2.24, 2.45) is 0 Å². The van der Waals surface area contributed by atoms with Gasteiger partial charge < -0.3 is 4.40 Å². The summed E-state index contributed by atoms with van der Waals surface area (Å²) in [5.41, 5.74) is 1.96. The van der Waals surface area contributed by atoms with E-state index in [-0.39, 0.29) is 0 Å². The van der Waals surface area contributed by atoms with Crippen LogP contribution in [0.15, 0.2) is 37.1 Å². The van der Waals surface area contributed by atoms with Gasteiger partial charge in [-0.3, -0.25) is 0 Å². The standard InChI is InChI=1S/C10H8BrN5/c11-5-8-10(16-7-12-6-13-16)14-9-3-1-2-4-15(8)9/h1-4,6-7H,5H2. The highest BCUT2D eigenvalue weighted by atomic mass is 79.9. The lowest BCUT2D eigenvalue weighted by Gasteiger charge is -1.99. The number of fused-ring (bicyclic) bond motifs is 1. The van der Waals surface area contributed by atoms with Crippen molar-refractivity contribution in [2.45, 2.75) is 5.33 Å². The van der Waals surface area contributed by atoms with E-state index in [1.807, 2.05) is 28.8 Å². The molecule has 0 unspecified atom stereocenters. The number of imidazole rings is 1. The number of hydrogen-bond acceptors (Lipinski definition) is 3. The molecule has 0 N–H and O–H groups in total. The van der Waals surface area contributed by atoms with Gasteiger partial charge in [0.05, 0.1) is 5.69 Å². The summed E-state index contributed by atoms with van der Waals surface area (Å²) < 4.78 is 3.70. The van der Waals surface area contributed by atoms with Crippen LogP contribution in [0.2, 0.25) is 0 Å². The molecule has 3 aromatic heterocycles. The number of hydrogen-bond donors (Lipinski definition) is 0. The highest BCUT2D eigenvalue weighted by molar-refractivity contribution is 9.08. The smallest absolute Gasteiger partial charge is 0.178 e. The van der Waals surface area contributed by atoms with E-state index in [0.29, 0.717) is 5.33 Å². The van der Waals surface area contributed by atoms with Gasteiger partial charge in [-0.15, -0.1) is 0 Å². The fraction of sp³-hybridized carbons (Fsp3) is 0.100. The highest BCUT2D eigenvalue weighted by Gasteiger charge is 2.12. The summed E-state index contributed by atoms with van der Waals surface area (Å²) in [6.45, 7) is 0. The Labute approximate surface area is 99.9 Å². The van der Waals surface area contributed by atoms with E-state index in [0.717, 1.165) is 17.2 Å². The van der Waals surface area contributed by atoms with E-state index >= 15 is 0 Å². The predicted octanol–water partition coefficient (Wildman–Crippen LogP) is 1.81. The number of halogens is 1. The summed E-state index contributed by atoms with van der Waals surface area (Å²) in [7, 11) is 0. The van der Waals surface area contributed by atoms with Crippen molar-refractivity contribution in [1.29, 1.82) is 0 Å². The Morgan fingerprint density at radius 2 is 2.25 bits per heavy atom. The van der Waals surface area contributed by atoms with E-state index in [1.54, 1.807) is 11.0 Å². The number of alkyl halides is 1. The van der Waals surface area contributed by atoms with Crippen LogP contribution in [-0.2, 0) is 5.33 Å². The van der Waals surface area contributed by atoms with Crippen molar-refractivity contribution in [3.8, 4) is 5.82 Å². The first-order valence-electron chi connectivity index (χ1n) is 4.77. The molecule has 0 aliphatic heterocycles. The fourth-order valence-electron chi connectivity index (χ4n) is 1.66. The van der Waals surface area contributed by atoms with E-state index in [9.17, 15) is 0 Å². The molecule has 3 heterocycles. The van der Waals surface area contributed by atoms with Gasteiger partial charge in [-0.25, -0.2) is 14.6 Å². The van der Waals surface area contributed by atoms with Crippen LogP contribution in [0.4, 0.5) is 0 Å². The van der Waals surface area contributed by atoms with E-state index in [4.69, 9.17) is 0 Å². The maximum atomic E-state index is 4.52. The molecule has 0 amide bonds. The normalized spacial score (nSPS) is 11.1. The molecule has 0 spiro atoms. The third-order valence-electron chi connectivity index (χ3n) is 2.37. The molecule has 0 aliphatic carbocycles. The van der Waals surface area contributed by atoms with Gasteiger partial charge in [0.25, 0.3) is 0 Å². The van der Waals surface area contributed by atoms with E-state index < -0.39 is 0 Å². The Hall–Kier alpha value is -1.69. The highest BCUT2D eigenvalue weighted by Crippen LogP contribution is 2.18. The van der Waals surface area contributed by atoms with E-state index in [2.05, 4.69) is 31.0 Å².